The highest BCUT2D eigenvalue weighted by molar-refractivity contribution is 7.28. The first-order valence-electron chi connectivity index (χ1n) is 4.03. The molecule has 1 heterocycles. The fourth-order valence-corrected chi connectivity index (χ4v) is 2.36. The maximum Gasteiger partial charge on any atom is 0.499 e. The molecule has 0 aliphatic carbocycles. The van der Waals surface area contributed by atoms with Gasteiger partial charge < -0.3 is 10.0 Å². The number of thiophene rings is 1. The van der Waals surface area contributed by atoms with E-state index in [9.17, 15) is 0 Å². The third kappa shape index (κ3) is 1.48. The average Bonchev–Trinajstić information content (AvgIpc) is 2.49. The van der Waals surface area contributed by atoms with Crippen molar-refractivity contribution in [1.82, 2.24) is 0 Å². The molecule has 1 aromatic heterocycles. The van der Waals surface area contributed by atoms with Crippen molar-refractivity contribution < 1.29 is 10.0 Å². The molecule has 0 spiro atoms. The molecule has 0 saturated carbocycles. The summed E-state index contributed by atoms with van der Waals surface area (Å²) in [6.07, 6.45) is 0. The second kappa shape index (κ2) is 3.14. The minimum Gasteiger partial charge on any atom is -0.423 e. The zero-order valence-electron chi connectivity index (χ0n) is 7.19. The van der Waals surface area contributed by atoms with Gasteiger partial charge in [0.05, 0.1) is 0 Å². The molecule has 0 aliphatic heterocycles. The second-order valence-electron chi connectivity index (χ2n) is 3.02. The largest absolute Gasteiger partial charge is 0.499 e. The van der Waals surface area contributed by atoms with Crippen LogP contribution in [0.4, 0.5) is 0 Å². The van der Waals surface area contributed by atoms with Gasteiger partial charge in [0.1, 0.15) is 0 Å². The van der Waals surface area contributed by atoms with Gasteiger partial charge >= 0.3 is 7.12 Å². The molecule has 0 saturated heterocycles. The summed E-state index contributed by atoms with van der Waals surface area (Å²) in [6.45, 7) is 2.02. The van der Waals surface area contributed by atoms with Crippen LogP contribution in [0.25, 0.3) is 10.1 Å². The van der Waals surface area contributed by atoms with Crippen molar-refractivity contribution >= 4 is 33.3 Å². The summed E-state index contributed by atoms with van der Waals surface area (Å²) in [7, 11) is -1.35. The maximum atomic E-state index is 8.98. The molecular weight excluding hydrogens is 183 g/mol. The van der Waals surface area contributed by atoms with Crippen molar-refractivity contribution in [2.24, 2.45) is 0 Å². The SMILES string of the molecule is Cc1cccc2cc(B(O)O)sc12. The van der Waals surface area contributed by atoms with Crippen LogP contribution in [0, 0.1) is 6.92 Å². The van der Waals surface area contributed by atoms with E-state index in [1.54, 1.807) is 0 Å². The van der Waals surface area contributed by atoms with Gasteiger partial charge in [0, 0.05) is 9.48 Å². The molecule has 0 unspecified atom stereocenters. The van der Waals surface area contributed by atoms with Gasteiger partial charge in [-0.3, -0.25) is 0 Å². The number of hydrogen-bond acceptors (Lipinski definition) is 3. The molecule has 2 N–H and O–H groups in total. The number of hydrogen-bond donors (Lipinski definition) is 2. The van der Waals surface area contributed by atoms with Gasteiger partial charge in [0.15, 0.2) is 0 Å². The number of aryl methyl sites for hydroxylation is 1. The molecule has 0 bridgehead atoms. The summed E-state index contributed by atoms with van der Waals surface area (Å²) in [6, 6.07) is 7.78. The van der Waals surface area contributed by atoms with Crippen LogP contribution >= 0.6 is 11.3 Å². The highest BCUT2D eigenvalue weighted by atomic mass is 32.1. The fourth-order valence-electron chi connectivity index (χ4n) is 1.36. The van der Waals surface area contributed by atoms with Crippen molar-refractivity contribution in [3.05, 3.63) is 29.8 Å². The van der Waals surface area contributed by atoms with Gasteiger partial charge in [-0.15, -0.1) is 11.3 Å². The highest BCUT2D eigenvalue weighted by Gasteiger charge is 2.14. The molecule has 0 fully saturated rings. The second-order valence-corrected chi connectivity index (χ2v) is 4.10. The standard InChI is InChI=1S/C9H9BO2S/c1-6-3-2-4-7-5-8(10(11)12)13-9(6)7/h2-5,11-12H,1H3. The van der Waals surface area contributed by atoms with Crippen LogP contribution in [0.1, 0.15) is 5.56 Å². The normalized spacial score (nSPS) is 10.7. The van der Waals surface area contributed by atoms with Crippen molar-refractivity contribution in [3.8, 4) is 0 Å². The topological polar surface area (TPSA) is 40.5 Å². The lowest BCUT2D eigenvalue weighted by Crippen LogP contribution is -2.26. The smallest absolute Gasteiger partial charge is 0.423 e. The summed E-state index contributed by atoms with van der Waals surface area (Å²) < 4.78 is 1.73. The van der Waals surface area contributed by atoms with E-state index >= 15 is 0 Å². The van der Waals surface area contributed by atoms with Crippen LogP contribution in [-0.2, 0) is 0 Å². The van der Waals surface area contributed by atoms with Crippen LogP contribution in [0.5, 0.6) is 0 Å². The molecule has 4 heteroatoms. The van der Waals surface area contributed by atoms with E-state index in [0.717, 1.165) is 10.1 Å². The zero-order chi connectivity index (χ0) is 9.42. The maximum absolute atomic E-state index is 8.98. The van der Waals surface area contributed by atoms with Crippen LogP contribution in [0.2, 0.25) is 0 Å². The Morgan fingerprint density at radius 2 is 2.08 bits per heavy atom. The lowest BCUT2D eigenvalue weighted by atomic mass is 9.89. The first-order chi connectivity index (χ1) is 6.18. The molecule has 0 radical (unpaired) electrons. The Kier molecular flexibility index (Phi) is 2.11. The summed E-state index contributed by atoms with van der Waals surface area (Å²) in [5.41, 5.74) is 1.18. The Balaban J connectivity index is 2.68. The first kappa shape index (κ1) is 8.75. The van der Waals surface area contributed by atoms with Crippen molar-refractivity contribution in [1.29, 1.82) is 0 Å². The van der Waals surface area contributed by atoms with Gasteiger partial charge in [-0.2, -0.15) is 0 Å². The van der Waals surface area contributed by atoms with Gasteiger partial charge in [0.2, 0.25) is 0 Å². The molecule has 66 valence electrons. The zero-order valence-corrected chi connectivity index (χ0v) is 8.01. The Bertz CT molecular complexity index is 436. The van der Waals surface area contributed by atoms with E-state index in [0.29, 0.717) is 4.78 Å². The molecule has 13 heavy (non-hydrogen) atoms. The van der Waals surface area contributed by atoms with Crippen molar-refractivity contribution in [2.75, 3.05) is 0 Å². The Morgan fingerprint density at radius 3 is 2.69 bits per heavy atom. The van der Waals surface area contributed by atoms with Crippen LogP contribution in [0.3, 0.4) is 0 Å². The summed E-state index contributed by atoms with van der Waals surface area (Å²) >= 11 is 1.43. The highest BCUT2D eigenvalue weighted by Crippen LogP contribution is 2.22. The first-order valence-corrected chi connectivity index (χ1v) is 4.85. The van der Waals surface area contributed by atoms with Crippen LogP contribution in [-0.4, -0.2) is 17.2 Å². The molecule has 0 atom stereocenters. The third-order valence-corrected chi connectivity index (χ3v) is 3.34. The Labute approximate surface area is 80.6 Å². The average molecular weight is 192 g/mol. The van der Waals surface area contributed by atoms with E-state index in [-0.39, 0.29) is 0 Å². The molecule has 2 nitrogen and oxygen atoms in total. The van der Waals surface area contributed by atoms with E-state index in [1.165, 1.54) is 16.9 Å². The number of rotatable bonds is 1. The predicted molar refractivity (Wildman–Crippen MR) is 56.4 cm³/mol. The summed E-state index contributed by atoms with van der Waals surface area (Å²) in [5, 5.41) is 19.0. The summed E-state index contributed by atoms with van der Waals surface area (Å²) in [4.78, 5) is 0. The fraction of sp³-hybridized carbons (Fsp3) is 0.111. The van der Waals surface area contributed by atoms with Gasteiger partial charge in [-0.1, -0.05) is 18.2 Å². The Hall–Kier alpha value is -0.835. The van der Waals surface area contributed by atoms with Gasteiger partial charge in [-0.25, -0.2) is 0 Å². The van der Waals surface area contributed by atoms with Crippen molar-refractivity contribution in [2.45, 2.75) is 6.92 Å². The predicted octanol–water partition coefficient (Wildman–Crippen LogP) is 0.890. The number of benzene rings is 1. The van der Waals surface area contributed by atoms with Gasteiger partial charge in [0.25, 0.3) is 0 Å². The van der Waals surface area contributed by atoms with Crippen LogP contribution < -0.4 is 4.78 Å². The lowest BCUT2D eigenvalue weighted by molar-refractivity contribution is 0.427. The molecule has 0 amide bonds. The monoisotopic (exact) mass is 192 g/mol. The minimum atomic E-state index is -1.35. The summed E-state index contributed by atoms with van der Waals surface area (Å²) in [5.74, 6) is 0. The molecule has 0 aliphatic rings. The minimum absolute atomic E-state index is 0.601. The molecular formula is C9H9BO2S. The number of fused-ring (bicyclic) bond motifs is 1. The Morgan fingerprint density at radius 1 is 1.31 bits per heavy atom. The van der Waals surface area contributed by atoms with E-state index in [1.807, 2.05) is 31.2 Å². The van der Waals surface area contributed by atoms with E-state index in [4.69, 9.17) is 10.0 Å². The molecule has 2 aromatic rings. The van der Waals surface area contributed by atoms with E-state index in [2.05, 4.69) is 0 Å². The van der Waals surface area contributed by atoms with Crippen LogP contribution in [0.15, 0.2) is 24.3 Å². The lowest BCUT2D eigenvalue weighted by Gasteiger charge is -1.92. The van der Waals surface area contributed by atoms with Gasteiger partial charge in [-0.05, 0) is 23.9 Å². The molecule has 2 rings (SSSR count). The quantitative estimate of drug-likeness (QED) is 0.658. The van der Waals surface area contributed by atoms with E-state index < -0.39 is 7.12 Å². The third-order valence-electron chi connectivity index (χ3n) is 2.01. The molecule has 1 aromatic carbocycles. The van der Waals surface area contributed by atoms with Crippen molar-refractivity contribution in [3.63, 3.8) is 0 Å².